The molecule has 0 fully saturated rings. The van der Waals surface area contributed by atoms with Gasteiger partial charge >= 0.3 is 0 Å². The molecular weight excluding hydrogens is 441 g/mol. The number of aliphatic hydroxyl groups is 1. The van der Waals surface area contributed by atoms with Crippen LogP contribution < -0.4 is 24.4 Å². The molecule has 3 rings (SSSR count). The van der Waals surface area contributed by atoms with E-state index in [1.807, 2.05) is 61.5 Å². The second-order valence-corrected chi connectivity index (χ2v) is 10.1. The predicted molar refractivity (Wildman–Crippen MR) is 130 cm³/mol. The highest BCUT2D eigenvalue weighted by Crippen LogP contribution is 2.59. The molecule has 1 N–H and O–H groups in total. The van der Waals surface area contributed by atoms with Crippen molar-refractivity contribution in [3.05, 3.63) is 77.9 Å². The van der Waals surface area contributed by atoms with Crippen LogP contribution in [0, 0.1) is 0 Å². The Kier molecular flexibility index (Phi) is 8.03. The van der Waals surface area contributed by atoms with Crippen LogP contribution >= 0.6 is 7.37 Å². The van der Waals surface area contributed by atoms with E-state index in [4.69, 9.17) is 18.7 Å². The highest BCUT2D eigenvalue weighted by Gasteiger charge is 2.37. The zero-order chi connectivity index (χ0) is 24.0. The molecule has 3 aromatic carbocycles. The average molecular weight is 471 g/mol. The highest BCUT2D eigenvalue weighted by molar-refractivity contribution is 7.67. The fraction of sp³-hybridized carbons (Fsp3) is 0.280. The number of benzene rings is 3. The second-order valence-electron chi connectivity index (χ2n) is 7.60. The van der Waals surface area contributed by atoms with E-state index >= 15 is 0 Å². The van der Waals surface area contributed by atoms with E-state index in [-0.39, 0.29) is 6.61 Å². The summed E-state index contributed by atoms with van der Waals surface area (Å²) in [4.78, 5) is 1.94. The van der Waals surface area contributed by atoms with Gasteiger partial charge in [0, 0.05) is 25.1 Å². The molecule has 0 spiro atoms. The summed E-state index contributed by atoms with van der Waals surface area (Å²) in [5.74, 6) is -0.377. The zero-order valence-corrected chi connectivity index (χ0v) is 20.4. The number of hydrogen-bond donors (Lipinski definition) is 1. The SMILES string of the molecule is COc1cc(C(O)P(=O)(OCc2ccccc2)c2ccc(N(C)C)cc2)cc(OC)c1OC. The molecule has 0 aliphatic rings. The molecule has 7 nitrogen and oxygen atoms in total. The third-order valence-electron chi connectivity index (χ3n) is 5.30. The van der Waals surface area contributed by atoms with Gasteiger partial charge in [0.1, 0.15) is 0 Å². The van der Waals surface area contributed by atoms with Crippen molar-refractivity contribution in [1.82, 2.24) is 0 Å². The minimum absolute atomic E-state index is 0.0784. The van der Waals surface area contributed by atoms with Gasteiger partial charge in [0.25, 0.3) is 7.37 Å². The van der Waals surface area contributed by atoms with Crippen molar-refractivity contribution in [3.63, 3.8) is 0 Å². The Labute approximate surface area is 194 Å². The van der Waals surface area contributed by atoms with Gasteiger partial charge < -0.3 is 28.7 Å². The topological polar surface area (TPSA) is 77.5 Å². The Morgan fingerprint density at radius 2 is 1.45 bits per heavy atom. The second kappa shape index (κ2) is 10.8. The van der Waals surface area contributed by atoms with Gasteiger partial charge in [0.05, 0.1) is 27.9 Å². The standard InChI is InChI=1S/C25H30NO6P/c1-26(2)20-11-13-21(14-12-20)33(28,32-17-18-9-7-6-8-10-18)25(27)19-15-22(29-3)24(31-5)23(16-19)30-4/h6-16,25,27H,17H2,1-5H3. The first-order valence-corrected chi connectivity index (χ1v) is 12.1. The van der Waals surface area contributed by atoms with Gasteiger partial charge in [-0.1, -0.05) is 30.3 Å². The summed E-state index contributed by atoms with van der Waals surface area (Å²) in [6.07, 6.45) is 0. The maximum atomic E-state index is 14.3. The molecule has 2 unspecified atom stereocenters. The summed E-state index contributed by atoms with van der Waals surface area (Å²) < 4.78 is 36.5. The molecule has 0 saturated heterocycles. The van der Waals surface area contributed by atoms with Crippen LogP contribution in [0.2, 0.25) is 0 Å². The lowest BCUT2D eigenvalue weighted by Crippen LogP contribution is -2.16. The molecular formula is C25H30NO6P. The minimum atomic E-state index is -3.80. The molecule has 0 radical (unpaired) electrons. The van der Waals surface area contributed by atoms with E-state index in [0.717, 1.165) is 11.3 Å². The maximum Gasteiger partial charge on any atom is 0.264 e. The van der Waals surface area contributed by atoms with Gasteiger partial charge in [-0.05, 0) is 47.5 Å². The monoisotopic (exact) mass is 471 g/mol. The van der Waals surface area contributed by atoms with Crippen LogP contribution in [-0.4, -0.2) is 40.5 Å². The molecule has 0 saturated carbocycles. The zero-order valence-electron chi connectivity index (χ0n) is 19.5. The maximum absolute atomic E-state index is 14.3. The highest BCUT2D eigenvalue weighted by atomic mass is 31.2. The van der Waals surface area contributed by atoms with Crippen molar-refractivity contribution in [2.24, 2.45) is 0 Å². The summed E-state index contributed by atoms with van der Waals surface area (Å²) in [5.41, 5.74) is 2.12. The van der Waals surface area contributed by atoms with Crippen LogP contribution in [0.4, 0.5) is 5.69 Å². The first-order valence-electron chi connectivity index (χ1n) is 10.4. The van der Waals surface area contributed by atoms with Gasteiger partial charge in [-0.25, -0.2) is 0 Å². The number of ether oxygens (including phenoxy) is 3. The van der Waals surface area contributed by atoms with Crippen molar-refractivity contribution >= 4 is 18.4 Å². The fourth-order valence-corrected chi connectivity index (χ4v) is 5.46. The van der Waals surface area contributed by atoms with E-state index < -0.39 is 13.2 Å². The molecule has 176 valence electrons. The van der Waals surface area contributed by atoms with Crippen LogP contribution in [0.15, 0.2) is 66.7 Å². The summed E-state index contributed by atoms with van der Waals surface area (Å²) >= 11 is 0. The molecule has 0 aliphatic carbocycles. The van der Waals surface area contributed by atoms with Gasteiger partial charge in [-0.3, -0.25) is 4.57 Å². The smallest absolute Gasteiger partial charge is 0.264 e. The third kappa shape index (κ3) is 5.33. The number of anilines is 1. The van der Waals surface area contributed by atoms with Crippen LogP contribution in [-0.2, 0) is 15.7 Å². The predicted octanol–water partition coefficient (Wildman–Crippen LogP) is 4.59. The Morgan fingerprint density at radius 1 is 0.879 bits per heavy atom. The van der Waals surface area contributed by atoms with Crippen molar-refractivity contribution in [2.75, 3.05) is 40.3 Å². The van der Waals surface area contributed by atoms with Crippen molar-refractivity contribution in [2.45, 2.75) is 12.5 Å². The number of aliphatic hydroxyl groups excluding tert-OH is 1. The number of nitrogens with zero attached hydrogens (tertiary/aromatic N) is 1. The summed E-state index contributed by atoms with van der Waals surface area (Å²) in [6.45, 7) is 0.0784. The largest absolute Gasteiger partial charge is 0.493 e. The Morgan fingerprint density at radius 3 is 1.94 bits per heavy atom. The van der Waals surface area contributed by atoms with Crippen LogP contribution in [0.25, 0.3) is 0 Å². The lowest BCUT2D eigenvalue weighted by molar-refractivity contribution is 0.209. The van der Waals surface area contributed by atoms with Crippen LogP contribution in [0.3, 0.4) is 0 Å². The van der Waals surface area contributed by atoms with E-state index in [1.165, 1.54) is 21.3 Å². The average Bonchev–Trinajstić information content (AvgIpc) is 2.86. The number of hydrogen-bond acceptors (Lipinski definition) is 7. The Balaban J connectivity index is 2.07. The molecule has 0 aliphatic heterocycles. The quantitative estimate of drug-likeness (QED) is 0.434. The lowest BCUT2D eigenvalue weighted by atomic mass is 10.2. The number of rotatable bonds is 10. The summed E-state index contributed by atoms with van der Waals surface area (Å²) in [6, 6.07) is 19.7. The van der Waals surface area contributed by atoms with Crippen LogP contribution in [0.5, 0.6) is 17.2 Å². The molecule has 0 amide bonds. The minimum Gasteiger partial charge on any atom is -0.493 e. The molecule has 0 bridgehead atoms. The van der Waals surface area contributed by atoms with Gasteiger partial charge in [-0.2, -0.15) is 0 Å². The molecule has 0 aromatic heterocycles. The van der Waals surface area contributed by atoms with E-state index in [9.17, 15) is 9.67 Å². The van der Waals surface area contributed by atoms with Gasteiger partial charge in [-0.15, -0.1) is 0 Å². The lowest BCUT2D eigenvalue weighted by Gasteiger charge is -2.26. The molecule has 8 heteroatoms. The van der Waals surface area contributed by atoms with Crippen molar-refractivity contribution < 1.29 is 28.4 Å². The van der Waals surface area contributed by atoms with Crippen molar-refractivity contribution in [1.29, 1.82) is 0 Å². The first kappa shape index (κ1) is 24.6. The Hall–Kier alpha value is -2.99. The molecule has 0 heterocycles. The van der Waals surface area contributed by atoms with Gasteiger partial charge in [0.2, 0.25) is 5.75 Å². The summed E-state index contributed by atoms with van der Waals surface area (Å²) in [7, 11) is 4.51. The van der Waals surface area contributed by atoms with Gasteiger partial charge in [0.15, 0.2) is 17.3 Å². The fourth-order valence-electron chi connectivity index (χ4n) is 3.44. The molecule has 3 aromatic rings. The first-order chi connectivity index (χ1) is 15.8. The van der Waals surface area contributed by atoms with E-state index in [0.29, 0.717) is 28.1 Å². The Bertz CT molecular complexity index is 1080. The molecule has 33 heavy (non-hydrogen) atoms. The van der Waals surface area contributed by atoms with Crippen molar-refractivity contribution in [3.8, 4) is 17.2 Å². The van der Waals surface area contributed by atoms with Crippen LogP contribution in [0.1, 0.15) is 17.0 Å². The van der Waals surface area contributed by atoms with E-state index in [1.54, 1.807) is 24.3 Å². The summed E-state index contributed by atoms with van der Waals surface area (Å²) in [5, 5.41) is 11.8. The van der Waals surface area contributed by atoms with E-state index in [2.05, 4.69) is 0 Å². The molecule has 2 atom stereocenters. The third-order valence-corrected chi connectivity index (χ3v) is 7.77. The normalized spacial score (nSPS) is 13.6. The number of methoxy groups -OCH3 is 3.